The van der Waals surface area contributed by atoms with Gasteiger partial charge in [-0.3, -0.25) is 4.79 Å². The molecule has 1 rings (SSSR count). The van der Waals surface area contributed by atoms with Crippen LogP contribution in [0.25, 0.3) is 0 Å². The Morgan fingerprint density at radius 2 is 2.20 bits per heavy atom. The van der Waals surface area contributed by atoms with E-state index in [4.69, 9.17) is 0 Å². The summed E-state index contributed by atoms with van der Waals surface area (Å²) in [5.74, 6) is 1.07. The molecule has 0 fully saturated rings. The summed E-state index contributed by atoms with van der Waals surface area (Å²) in [5, 5.41) is 12.2. The van der Waals surface area contributed by atoms with Crippen molar-refractivity contribution in [2.75, 3.05) is 12.0 Å². The topological polar surface area (TPSA) is 49.3 Å². The summed E-state index contributed by atoms with van der Waals surface area (Å²) in [6.07, 6.45) is 2.49. The molecule has 0 heterocycles. The number of hydrogen-bond acceptors (Lipinski definition) is 3. The average molecular weight is 225 g/mol. The Morgan fingerprint density at radius 3 is 2.87 bits per heavy atom. The molecule has 3 nitrogen and oxygen atoms in total. The fraction of sp³-hybridized carbons (Fsp3) is 0.364. The van der Waals surface area contributed by atoms with E-state index >= 15 is 0 Å². The number of carbonyl (C=O) groups excluding carboxylic acids is 1. The lowest BCUT2D eigenvalue weighted by Gasteiger charge is -2.06. The highest BCUT2D eigenvalue weighted by Crippen LogP contribution is 2.14. The molecule has 0 aliphatic rings. The molecule has 0 saturated carbocycles. The van der Waals surface area contributed by atoms with E-state index in [0.29, 0.717) is 13.0 Å². The minimum Gasteiger partial charge on any atom is -0.508 e. The number of amides is 1. The Balaban J connectivity index is 2.37. The van der Waals surface area contributed by atoms with Gasteiger partial charge < -0.3 is 10.4 Å². The third-order valence-electron chi connectivity index (χ3n) is 2.00. The first-order valence-corrected chi connectivity index (χ1v) is 6.16. The van der Waals surface area contributed by atoms with Gasteiger partial charge in [0.15, 0.2) is 0 Å². The van der Waals surface area contributed by atoms with Gasteiger partial charge in [-0.05, 0) is 12.3 Å². The summed E-state index contributed by atoms with van der Waals surface area (Å²) < 4.78 is 0. The van der Waals surface area contributed by atoms with Crippen LogP contribution < -0.4 is 5.32 Å². The van der Waals surface area contributed by atoms with Gasteiger partial charge in [-0.1, -0.05) is 18.2 Å². The van der Waals surface area contributed by atoms with Crippen LogP contribution in [-0.2, 0) is 11.3 Å². The maximum Gasteiger partial charge on any atom is 0.221 e. The van der Waals surface area contributed by atoms with Crippen LogP contribution in [0.2, 0.25) is 0 Å². The summed E-state index contributed by atoms with van der Waals surface area (Å²) in [6.45, 7) is 0.389. The van der Waals surface area contributed by atoms with Crippen molar-refractivity contribution in [1.82, 2.24) is 5.32 Å². The van der Waals surface area contributed by atoms with E-state index in [2.05, 4.69) is 5.32 Å². The van der Waals surface area contributed by atoms with E-state index in [0.717, 1.165) is 11.3 Å². The van der Waals surface area contributed by atoms with Crippen LogP contribution in [0.15, 0.2) is 24.3 Å². The minimum absolute atomic E-state index is 0.0209. The van der Waals surface area contributed by atoms with Crippen molar-refractivity contribution in [3.63, 3.8) is 0 Å². The van der Waals surface area contributed by atoms with Crippen molar-refractivity contribution >= 4 is 17.7 Å². The van der Waals surface area contributed by atoms with Crippen molar-refractivity contribution in [1.29, 1.82) is 0 Å². The molecule has 0 unspecified atom stereocenters. The van der Waals surface area contributed by atoms with Crippen molar-refractivity contribution in [3.05, 3.63) is 29.8 Å². The highest BCUT2D eigenvalue weighted by Gasteiger charge is 2.02. The molecule has 4 heteroatoms. The number of rotatable bonds is 5. The molecule has 2 N–H and O–H groups in total. The van der Waals surface area contributed by atoms with Gasteiger partial charge in [0.2, 0.25) is 5.91 Å². The van der Waals surface area contributed by atoms with E-state index in [9.17, 15) is 9.90 Å². The van der Waals surface area contributed by atoms with Crippen LogP contribution in [-0.4, -0.2) is 23.0 Å². The first kappa shape index (κ1) is 11.9. The zero-order valence-electron chi connectivity index (χ0n) is 8.69. The molecule has 0 bridgehead atoms. The molecule has 0 aliphatic heterocycles. The van der Waals surface area contributed by atoms with Gasteiger partial charge in [0.1, 0.15) is 5.75 Å². The number of hydrogen-bond donors (Lipinski definition) is 2. The Hall–Kier alpha value is -1.16. The van der Waals surface area contributed by atoms with Crippen molar-refractivity contribution < 1.29 is 9.90 Å². The number of carbonyl (C=O) groups is 1. The molecule has 1 amide bonds. The molecule has 15 heavy (non-hydrogen) atoms. The molecule has 0 radical (unpaired) electrons. The van der Waals surface area contributed by atoms with Gasteiger partial charge in [-0.25, -0.2) is 0 Å². The summed E-state index contributed by atoms with van der Waals surface area (Å²) in [5.41, 5.74) is 0.745. The Bertz CT molecular complexity index is 328. The Morgan fingerprint density at radius 1 is 1.47 bits per heavy atom. The van der Waals surface area contributed by atoms with Crippen molar-refractivity contribution in [2.45, 2.75) is 13.0 Å². The van der Waals surface area contributed by atoms with E-state index < -0.39 is 0 Å². The van der Waals surface area contributed by atoms with Crippen molar-refractivity contribution in [2.24, 2.45) is 0 Å². The second kappa shape index (κ2) is 6.35. The summed E-state index contributed by atoms with van der Waals surface area (Å²) in [6, 6.07) is 7.01. The fourth-order valence-electron chi connectivity index (χ4n) is 1.14. The van der Waals surface area contributed by atoms with E-state index in [1.165, 1.54) is 0 Å². The van der Waals surface area contributed by atoms with Gasteiger partial charge in [0.25, 0.3) is 0 Å². The van der Waals surface area contributed by atoms with Gasteiger partial charge in [-0.2, -0.15) is 11.8 Å². The molecule has 0 saturated heterocycles. The van der Waals surface area contributed by atoms with Gasteiger partial charge in [0.05, 0.1) is 0 Å². The maximum absolute atomic E-state index is 11.3. The maximum atomic E-state index is 11.3. The highest BCUT2D eigenvalue weighted by atomic mass is 32.2. The van der Waals surface area contributed by atoms with Crippen LogP contribution in [0.1, 0.15) is 12.0 Å². The molecule has 82 valence electrons. The van der Waals surface area contributed by atoms with E-state index in [1.54, 1.807) is 30.0 Å². The van der Waals surface area contributed by atoms with Gasteiger partial charge in [0, 0.05) is 24.3 Å². The first-order chi connectivity index (χ1) is 7.24. The monoisotopic (exact) mass is 225 g/mol. The molecule has 0 atom stereocenters. The number of nitrogens with one attached hydrogen (secondary N) is 1. The number of benzene rings is 1. The highest BCUT2D eigenvalue weighted by molar-refractivity contribution is 7.98. The average Bonchev–Trinajstić information content (AvgIpc) is 2.25. The molecule has 0 aliphatic carbocycles. The Kier molecular flexibility index (Phi) is 5.04. The molecule has 1 aromatic carbocycles. The third kappa shape index (κ3) is 4.25. The number of aromatic hydroxyl groups is 1. The smallest absolute Gasteiger partial charge is 0.221 e. The predicted octanol–water partition coefficient (Wildman–Crippen LogP) is 1.76. The van der Waals surface area contributed by atoms with Crippen LogP contribution >= 0.6 is 11.8 Å². The SMILES string of the molecule is CSCCC(=O)NCc1ccccc1O. The van der Waals surface area contributed by atoms with Gasteiger partial charge in [-0.15, -0.1) is 0 Å². The zero-order valence-corrected chi connectivity index (χ0v) is 9.51. The second-order valence-electron chi connectivity index (χ2n) is 3.15. The first-order valence-electron chi connectivity index (χ1n) is 4.76. The van der Waals surface area contributed by atoms with Gasteiger partial charge >= 0.3 is 0 Å². The lowest BCUT2D eigenvalue weighted by molar-refractivity contribution is -0.120. The van der Waals surface area contributed by atoms with Crippen LogP contribution in [0.4, 0.5) is 0 Å². The largest absolute Gasteiger partial charge is 0.508 e. The lowest BCUT2D eigenvalue weighted by atomic mass is 10.2. The quantitative estimate of drug-likeness (QED) is 0.803. The van der Waals surface area contributed by atoms with Crippen LogP contribution in [0, 0.1) is 0 Å². The summed E-state index contributed by atoms with van der Waals surface area (Å²) in [7, 11) is 0. The lowest BCUT2D eigenvalue weighted by Crippen LogP contribution is -2.22. The summed E-state index contributed by atoms with van der Waals surface area (Å²) >= 11 is 1.64. The molecular formula is C11H15NO2S. The second-order valence-corrected chi connectivity index (χ2v) is 4.13. The molecule has 1 aromatic rings. The van der Waals surface area contributed by atoms with Crippen molar-refractivity contribution in [3.8, 4) is 5.75 Å². The number of phenolic OH excluding ortho intramolecular Hbond substituents is 1. The number of phenols is 1. The number of thioether (sulfide) groups is 1. The van der Waals surface area contributed by atoms with Crippen LogP contribution in [0.5, 0.6) is 5.75 Å². The van der Waals surface area contributed by atoms with Crippen LogP contribution in [0.3, 0.4) is 0 Å². The molecule has 0 aromatic heterocycles. The zero-order chi connectivity index (χ0) is 11.1. The van der Waals surface area contributed by atoms with E-state index in [-0.39, 0.29) is 11.7 Å². The normalized spacial score (nSPS) is 9.93. The minimum atomic E-state index is 0.0209. The predicted molar refractivity (Wildman–Crippen MR) is 63.0 cm³/mol. The fourth-order valence-corrected chi connectivity index (χ4v) is 1.53. The third-order valence-corrected chi connectivity index (χ3v) is 2.61. The molecular weight excluding hydrogens is 210 g/mol. The van der Waals surface area contributed by atoms with E-state index in [1.807, 2.05) is 12.3 Å². The Labute approximate surface area is 93.9 Å². The number of para-hydroxylation sites is 1. The standard InChI is InChI=1S/C11H15NO2S/c1-15-7-6-11(14)12-8-9-4-2-3-5-10(9)13/h2-5,13H,6-8H2,1H3,(H,12,14). The molecule has 0 spiro atoms. The summed E-state index contributed by atoms with van der Waals surface area (Å²) in [4.78, 5) is 11.3.